The van der Waals surface area contributed by atoms with Crippen molar-refractivity contribution >= 4 is 40.8 Å². The lowest BCUT2D eigenvalue weighted by Crippen LogP contribution is -2.41. The fourth-order valence-electron chi connectivity index (χ4n) is 3.97. The molecule has 1 heterocycles. The molecular weight excluding hydrogens is 468 g/mol. The van der Waals surface area contributed by atoms with Crippen molar-refractivity contribution in [3.05, 3.63) is 76.5 Å². The number of allylic oxidation sites excluding steroid dienone is 1. The summed E-state index contributed by atoms with van der Waals surface area (Å²) >= 11 is 6.22. The zero-order chi connectivity index (χ0) is 25.4. The van der Waals surface area contributed by atoms with Crippen molar-refractivity contribution in [1.29, 1.82) is 5.26 Å². The second kappa shape index (κ2) is 12.0. The van der Waals surface area contributed by atoms with E-state index < -0.39 is 29.6 Å². The summed E-state index contributed by atoms with van der Waals surface area (Å²) in [6.45, 7) is 3.04. The van der Waals surface area contributed by atoms with Gasteiger partial charge >= 0.3 is 5.97 Å². The number of para-hydroxylation sites is 1. The maximum atomic E-state index is 13.3. The molecule has 0 saturated carbocycles. The highest BCUT2D eigenvalue weighted by atomic mass is 35.5. The van der Waals surface area contributed by atoms with Gasteiger partial charge in [-0.1, -0.05) is 41.9 Å². The Kier molecular flexibility index (Phi) is 8.76. The smallest absolute Gasteiger partial charge is 0.315 e. The predicted molar refractivity (Wildman–Crippen MR) is 133 cm³/mol. The highest BCUT2D eigenvalue weighted by molar-refractivity contribution is 6.30. The van der Waals surface area contributed by atoms with Crippen LogP contribution in [0.4, 0.5) is 5.69 Å². The van der Waals surface area contributed by atoms with Crippen LogP contribution in [0.25, 0.3) is 0 Å². The fourth-order valence-corrected chi connectivity index (χ4v) is 4.17. The molecule has 0 radical (unpaired) electrons. The van der Waals surface area contributed by atoms with Gasteiger partial charge in [0.2, 0.25) is 11.8 Å². The lowest BCUT2D eigenvalue weighted by Gasteiger charge is -2.32. The second-order valence-electron chi connectivity index (χ2n) is 7.94. The first-order valence-corrected chi connectivity index (χ1v) is 11.4. The predicted octanol–water partition coefficient (Wildman–Crippen LogP) is 4.00. The van der Waals surface area contributed by atoms with E-state index in [9.17, 15) is 14.4 Å². The first-order valence-electron chi connectivity index (χ1n) is 11.0. The Hall–Kier alpha value is -3.96. The van der Waals surface area contributed by atoms with Crippen LogP contribution in [0.5, 0.6) is 0 Å². The first kappa shape index (κ1) is 25.7. The topological polar surface area (TPSA) is 121 Å². The average Bonchev–Trinajstić information content (AvgIpc) is 2.82. The number of nitrogens with one attached hydrogen (secondary N) is 2. The molecule has 1 aliphatic heterocycles. The van der Waals surface area contributed by atoms with Crippen molar-refractivity contribution in [3.63, 3.8) is 0 Å². The van der Waals surface area contributed by atoms with E-state index in [1.165, 1.54) is 0 Å². The van der Waals surface area contributed by atoms with Crippen molar-refractivity contribution < 1.29 is 19.1 Å². The van der Waals surface area contributed by atoms with Crippen LogP contribution >= 0.6 is 11.6 Å². The van der Waals surface area contributed by atoms with Gasteiger partial charge in [-0.05, 0) is 43.7 Å². The van der Waals surface area contributed by atoms with E-state index in [1.54, 1.807) is 62.4 Å². The molecule has 0 saturated heterocycles. The van der Waals surface area contributed by atoms with Gasteiger partial charge in [0.25, 0.3) is 0 Å². The summed E-state index contributed by atoms with van der Waals surface area (Å²) in [4.78, 5) is 43.2. The Balaban J connectivity index is 1.88. The van der Waals surface area contributed by atoms with E-state index in [1.807, 2.05) is 12.1 Å². The molecule has 1 aliphatic rings. The fraction of sp³-hybridized carbons (Fsp3) is 0.269. The molecule has 180 valence electrons. The lowest BCUT2D eigenvalue weighted by atomic mass is 9.75. The van der Waals surface area contributed by atoms with Crippen LogP contribution in [-0.4, -0.2) is 36.6 Å². The number of hydrogen-bond donors (Lipinski definition) is 2. The van der Waals surface area contributed by atoms with Crippen LogP contribution in [0, 0.1) is 17.2 Å². The normalized spacial score (nSPS) is 17.1. The standard InChI is InChI=1S/C26H25ClN4O4/c1-16-22(25(33)29-15-21(32)31-20-10-4-3-5-11-20)24(18-8-6-9-19(27)14-18)23(17(2)30-16)26(34)35-13-7-12-28/h3-6,8-11,14,23-24H,7,13,15H2,1-2H3,(H,29,33)(H,31,32). The summed E-state index contributed by atoms with van der Waals surface area (Å²) in [7, 11) is 0. The van der Waals surface area contributed by atoms with Crippen molar-refractivity contribution in [2.45, 2.75) is 26.2 Å². The molecule has 2 N–H and O–H groups in total. The summed E-state index contributed by atoms with van der Waals surface area (Å²) in [6, 6.07) is 17.7. The minimum Gasteiger partial charge on any atom is -0.464 e. The molecule has 0 fully saturated rings. The monoisotopic (exact) mass is 492 g/mol. The van der Waals surface area contributed by atoms with E-state index in [0.717, 1.165) is 0 Å². The lowest BCUT2D eigenvalue weighted by molar-refractivity contribution is -0.146. The van der Waals surface area contributed by atoms with Crippen LogP contribution in [-0.2, 0) is 19.1 Å². The summed E-state index contributed by atoms with van der Waals surface area (Å²) in [5, 5.41) is 14.6. The molecule has 2 unspecified atom stereocenters. The van der Waals surface area contributed by atoms with Gasteiger partial charge in [0.15, 0.2) is 0 Å². The van der Waals surface area contributed by atoms with E-state index in [0.29, 0.717) is 27.7 Å². The Morgan fingerprint density at radius 3 is 2.54 bits per heavy atom. The maximum absolute atomic E-state index is 13.3. The van der Waals surface area contributed by atoms with Crippen LogP contribution in [0.3, 0.4) is 0 Å². The molecular formula is C26H25ClN4O4. The van der Waals surface area contributed by atoms with Crippen LogP contribution in [0.15, 0.2) is 70.9 Å². The highest BCUT2D eigenvalue weighted by Crippen LogP contribution is 2.40. The average molecular weight is 493 g/mol. The number of hydrogen-bond acceptors (Lipinski definition) is 6. The van der Waals surface area contributed by atoms with Gasteiger partial charge in [-0.3, -0.25) is 19.4 Å². The van der Waals surface area contributed by atoms with Crippen LogP contribution in [0.2, 0.25) is 5.02 Å². The van der Waals surface area contributed by atoms with Gasteiger partial charge in [-0.25, -0.2) is 0 Å². The van der Waals surface area contributed by atoms with Gasteiger partial charge in [-0.15, -0.1) is 0 Å². The zero-order valence-corrected chi connectivity index (χ0v) is 20.1. The molecule has 9 heteroatoms. The molecule has 2 aromatic carbocycles. The Bertz CT molecular complexity index is 1220. The van der Waals surface area contributed by atoms with Gasteiger partial charge in [-0.2, -0.15) is 5.26 Å². The number of amides is 2. The zero-order valence-electron chi connectivity index (χ0n) is 19.4. The molecule has 0 aliphatic carbocycles. The number of aliphatic imine (C=N–C) groups is 1. The van der Waals surface area contributed by atoms with Crippen molar-refractivity contribution in [2.24, 2.45) is 10.9 Å². The Morgan fingerprint density at radius 1 is 1.11 bits per heavy atom. The number of rotatable bonds is 8. The molecule has 0 spiro atoms. The molecule has 0 aromatic heterocycles. The number of nitriles is 1. The highest BCUT2D eigenvalue weighted by Gasteiger charge is 2.41. The first-order chi connectivity index (χ1) is 16.8. The number of anilines is 1. The summed E-state index contributed by atoms with van der Waals surface area (Å²) in [5.74, 6) is -3.15. The van der Waals surface area contributed by atoms with E-state index in [4.69, 9.17) is 21.6 Å². The third kappa shape index (κ3) is 6.55. The third-order valence-corrected chi connectivity index (χ3v) is 5.69. The second-order valence-corrected chi connectivity index (χ2v) is 8.37. The van der Waals surface area contributed by atoms with E-state index in [2.05, 4.69) is 15.6 Å². The number of ether oxygens (including phenoxy) is 1. The van der Waals surface area contributed by atoms with Crippen LogP contribution in [0.1, 0.15) is 31.7 Å². The molecule has 3 rings (SSSR count). The van der Waals surface area contributed by atoms with Crippen molar-refractivity contribution in [2.75, 3.05) is 18.5 Å². The quantitative estimate of drug-likeness (QED) is 0.426. The molecule has 2 aromatic rings. The maximum Gasteiger partial charge on any atom is 0.315 e. The summed E-state index contributed by atoms with van der Waals surface area (Å²) in [5.41, 5.74) is 2.39. The van der Waals surface area contributed by atoms with E-state index >= 15 is 0 Å². The molecule has 8 nitrogen and oxygen atoms in total. The van der Waals surface area contributed by atoms with Gasteiger partial charge in [0.1, 0.15) is 12.5 Å². The van der Waals surface area contributed by atoms with Gasteiger partial charge in [0, 0.05) is 33.6 Å². The Labute approximate surface area is 208 Å². The largest absolute Gasteiger partial charge is 0.464 e. The third-order valence-electron chi connectivity index (χ3n) is 5.46. The molecule has 2 amide bonds. The Morgan fingerprint density at radius 2 is 1.86 bits per heavy atom. The number of halogens is 1. The minimum atomic E-state index is -0.894. The summed E-state index contributed by atoms with van der Waals surface area (Å²) < 4.78 is 5.31. The molecule has 0 bridgehead atoms. The van der Waals surface area contributed by atoms with Crippen molar-refractivity contribution in [3.8, 4) is 6.07 Å². The van der Waals surface area contributed by atoms with E-state index in [-0.39, 0.29) is 25.1 Å². The minimum absolute atomic E-state index is 0.0508. The number of nitrogens with zero attached hydrogens (tertiary/aromatic N) is 2. The van der Waals surface area contributed by atoms with Gasteiger partial charge < -0.3 is 15.4 Å². The SMILES string of the molecule is CC1=NC(C)=C(C(=O)NCC(=O)Nc2ccccc2)C(c2cccc(Cl)c2)C1C(=O)OCCC#N. The molecule has 2 atom stereocenters. The van der Waals surface area contributed by atoms with Gasteiger partial charge in [0.05, 0.1) is 19.0 Å². The van der Waals surface area contributed by atoms with Crippen LogP contribution < -0.4 is 10.6 Å². The molecule has 35 heavy (non-hydrogen) atoms. The number of esters is 1. The van der Waals surface area contributed by atoms with Crippen molar-refractivity contribution in [1.82, 2.24) is 5.32 Å². The number of benzene rings is 2. The number of carbonyl (C=O) groups excluding carboxylic acids is 3. The number of carbonyl (C=O) groups is 3. The summed E-state index contributed by atoms with van der Waals surface area (Å²) in [6.07, 6.45) is 0.0508.